The summed E-state index contributed by atoms with van der Waals surface area (Å²) in [6, 6.07) is 0. The predicted molar refractivity (Wildman–Crippen MR) is 78.7 cm³/mol. The van der Waals surface area contributed by atoms with E-state index in [-0.39, 0.29) is 5.84 Å². The number of ether oxygens (including phenoxy) is 1. The van der Waals surface area contributed by atoms with E-state index in [1.807, 2.05) is 11.9 Å². The molecule has 0 unspecified atom stereocenters. The first-order valence-corrected chi connectivity index (χ1v) is 6.91. The number of amidine groups is 1. The first-order chi connectivity index (χ1) is 9.88. The molecule has 1 aromatic heterocycles. The fourth-order valence-corrected chi connectivity index (χ4v) is 2.86. The third-order valence-electron chi connectivity index (χ3n) is 3.87. The summed E-state index contributed by atoms with van der Waals surface area (Å²) in [4.78, 5) is 1.89. The summed E-state index contributed by atoms with van der Waals surface area (Å²) in [5.74, 6) is 0.726. The number of hydrogen-bond donors (Lipinski definition) is 3. The van der Waals surface area contributed by atoms with E-state index in [2.05, 4.69) is 10.3 Å². The van der Waals surface area contributed by atoms with Gasteiger partial charge in [0.1, 0.15) is 5.82 Å². The summed E-state index contributed by atoms with van der Waals surface area (Å²) in [7, 11) is 3.65. The molecule has 0 saturated carbocycles. The van der Waals surface area contributed by atoms with E-state index in [1.165, 1.54) is 0 Å². The fraction of sp³-hybridized carbons (Fsp3) is 0.692. The Labute approximate surface area is 123 Å². The minimum absolute atomic E-state index is 0.0152. The van der Waals surface area contributed by atoms with Gasteiger partial charge in [-0.1, -0.05) is 5.16 Å². The molecule has 0 radical (unpaired) electrons. The second-order valence-corrected chi connectivity index (χ2v) is 5.59. The van der Waals surface area contributed by atoms with Crippen LogP contribution in [0.2, 0.25) is 0 Å². The van der Waals surface area contributed by atoms with Crippen molar-refractivity contribution in [2.45, 2.75) is 25.4 Å². The zero-order valence-electron chi connectivity index (χ0n) is 12.7. The third-order valence-corrected chi connectivity index (χ3v) is 3.87. The minimum Gasteiger partial charge on any atom is -0.409 e. The maximum atomic E-state index is 10.6. The number of rotatable bonds is 4. The Kier molecular flexibility index (Phi) is 4.38. The summed E-state index contributed by atoms with van der Waals surface area (Å²) < 4.78 is 6.96. The Hall–Kier alpha value is -1.80. The number of aryl methyl sites for hydroxylation is 2. The number of aromatic nitrogens is 2. The molecule has 2 heterocycles. The lowest BCUT2D eigenvalue weighted by Crippen LogP contribution is -2.46. The molecule has 21 heavy (non-hydrogen) atoms. The van der Waals surface area contributed by atoms with Crippen LogP contribution in [0.25, 0.3) is 0 Å². The number of anilines is 1. The molecule has 0 aromatic carbocycles. The molecule has 0 aliphatic carbocycles. The second kappa shape index (κ2) is 5.90. The normalized spacial score (nSPS) is 18.8. The van der Waals surface area contributed by atoms with Crippen molar-refractivity contribution in [3.05, 3.63) is 11.3 Å². The van der Waals surface area contributed by atoms with Crippen molar-refractivity contribution in [2.75, 3.05) is 31.7 Å². The van der Waals surface area contributed by atoms with Gasteiger partial charge in [-0.05, 0) is 6.92 Å². The van der Waals surface area contributed by atoms with E-state index in [0.717, 1.165) is 0 Å². The standard InChI is InChI=1S/C13H23N5O3/c1-9-10(11(14)16-20)12(18(3)15-9)17(2)8-13(19)4-6-21-7-5-13/h19-20H,4-8H2,1-3H3,(H2,14,16). The monoisotopic (exact) mass is 297 g/mol. The molecule has 4 N–H and O–H groups in total. The van der Waals surface area contributed by atoms with Gasteiger partial charge in [-0.25, -0.2) is 0 Å². The van der Waals surface area contributed by atoms with E-state index in [9.17, 15) is 5.11 Å². The molecule has 2 rings (SSSR count). The van der Waals surface area contributed by atoms with Gasteiger partial charge in [0.2, 0.25) is 0 Å². The number of oxime groups is 1. The zero-order chi connectivity index (χ0) is 15.6. The lowest BCUT2D eigenvalue weighted by Gasteiger charge is -2.36. The lowest BCUT2D eigenvalue weighted by molar-refractivity contribution is -0.0573. The average Bonchev–Trinajstić information content (AvgIpc) is 2.73. The molecule has 8 heteroatoms. The van der Waals surface area contributed by atoms with Crippen LogP contribution in [0.5, 0.6) is 0 Å². The van der Waals surface area contributed by atoms with Crippen molar-refractivity contribution in [2.24, 2.45) is 17.9 Å². The van der Waals surface area contributed by atoms with Gasteiger partial charge in [-0.2, -0.15) is 5.10 Å². The smallest absolute Gasteiger partial charge is 0.175 e. The average molecular weight is 297 g/mol. The van der Waals surface area contributed by atoms with Crippen LogP contribution < -0.4 is 10.6 Å². The second-order valence-electron chi connectivity index (χ2n) is 5.59. The van der Waals surface area contributed by atoms with Crippen LogP contribution >= 0.6 is 0 Å². The fourth-order valence-electron chi connectivity index (χ4n) is 2.86. The van der Waals surface area contributed by atoms with E-state index in [0.29, 0.717) is 49.7 Å². The van der Waals surface area contributed by atoms with Crippen LogP contribution in [-0.2, 0) is 11.8 Å². The van der Waals surface area contributed by atoms with Crippen molar-refractivity contribution in [3.8, 4) is 0 Å². The first-order valence-electron chi connectivity index (χ1n) is 6.91. The van der Waals surface area contributed by atoms with Gasteiger partial charge in [0.05, 0.1) is 16.9 Å². The van der Waals surface area contributed by atoms with Crippen LogP contribution in [0.4, 0.5) is 5.82 Å². The largest absolute Gasteiger partial charge is 0.409 e. The maximum Gasteiger partial charge on any atom is 0.175 e. The van der Waals surface area contributed by atoms with Gasteiger partial charge >= 0.3 is 0 Å². The molecule has 8 nitrogen and oxygen atoms in total. The number of aliphatic hydroxyl groups is 1. The summed E-state index contributed by atoms with van der Waals surface area (Å²) in [5, 5.41) is 27.0. The highest BCUT2D eigenvalue weighted by atomic mass is 16.5. The first kappa shape index (κ1) is 15.6. The van der Waals surface area contributed by atoms with Gasteiger partial charge in [0.25, 0.3) is 0 Å². The molecular formula is C13H23N5O3. The summed E-state index contributed by atoms with van der Waals surface area (Å²) >= 11 is 0. The summed E-state index contributed by atoms with van der Waals surface area (Å²) in [5.41, 5.74) is 6.21. The molecule has 118 valence electrons. The Balaban J connectivity index is 2.28. The number of hydrogen-bond acceptors (Lipinski definition) is 6. The molecule has 1 aliphatic rings. The highest BCUT2D eigenvalue weighted by molar-refractivity contribution is 6.02. The highest BCUT2D eigenvalue weighted by Crippen LogP contribution is 2.27. The number of nitrogens with zero attached hydrogens (tertiary/aromatic N) is 4. The molecule has 1 saturated heterocycles. The predicted octanol–water partition coefficient (Wildman–Crippen LogP) is -0.199. The molecule has 0 bridgehead atoms. The van der Waals surface area contributed by atoms with Gasteiger partial charge in [-0.3, -0.25) is 4.68 Å². The SMILES string of the molecule is Cc1nn(C)c(N(C)CC2(O)CCOCC2)c1C(N)=NO. The molecule has 0 atom stereocenters. The van der Waals surface area contributed by atoms with Crippen LogP contribution in [0.15, 0.2) is 5.16 Å². The van der Waals surface area contributed by atoms with E-state index in [4.69, 9.17) is 15.7 Å². The Morgan fingerprint density at radius 1 is 1.52 bits per heavy atom. The molecule has 1 fully saturated rings. The Morgan fingerprint density at radius 3 is 2.71 bits per heavy atom. The molecular weight excluding hydrogens is 274 g/mol. The zero-order valence-corrected chi connectivity index (χ0v) is 12.7. The van der Waals surface area contributed by atoms with Gasteiger partial charge in [-0.15, -0.1) is 0 Å². The number of likely N-dealkylation sites (N-methyl/N-ethyl adjacent to an activating group) is 1. The van der Waals surface area contributed by atoms with Crippen molar-refractivity contribution in [3.63, 3.8) is 0 Å². The van der Waals surface area contributed by atoms with Crippen molar-refractivity contribution in [1.29, 1.82) is 0 Å². The van der Waals surface area contributed by atoms with Crippen molar-refractivity contribution < 1.29 is 15.1 Å². The van der Waals surface area contributed by atoms with E-state index >= 15 is 0 Å². The molecule has 1 aromatic rings. The van der Waals surface area contributed by atoms with Gasteiger partial charge < -0.3 is 25.7 Å². The van der Waals surface area contributed by atoms with Crippen LogP contribution in [0, 0.1) is 6.92 Å². The van der Waals surface area contributed by atoms with E-state index < -0.39 is 5.60 Å². The quantitative estimate of drug-likeness (QED) is 0.307. The van der Waals surface area contributed by atoms with Crippen LogP contribution in [0.1, 0.15) is 24.1 Å². The van der Waals surface area contributed by atoms with Crippen molar-refractivity contribution in [1.82, 2.24) is 9.78 Å². The highest BCUT2D eigenvalue weighted by Gasteiger charge is 2.33. The van der Waals surface area contributed by atoms with Crippen LogP contribution in [-0.4, -0.2) is 58.3 Å². The molecule has 1 aliphatic heterocycles. The molecule has 0 spiro atoms. The maximum absolute atomic E-state index is 10.6. The van der Waals surface area contributed by atoms with Gasteiger partial charge in [0, 0.05) is 46.7 Å². The summed E-state index contributed by atoms with van der Waals surface area (Å²) in [6.07, 6.45) is 1.18. The third kappa shape index (κ3) is 3.11. The van der Waals surface area contributed by atoms with Gasteiger partial charge in [0.15, 0.2) is 5.84 Å². The number of nitrogens with two attached hydrogens (primary N) is 1. The topological polar surface area (TPSA) is 109 Å². The minimum atomic E-state index is -0.798. The molecule has 0 amide bonds. The van der Waals surface area contributed by atoms with Crippen LogP contribution in [0.3, 0.4) is 0 Å². The Morgan fingerprint density at radius 2 is 2.14 bits per heavy atom. The lowest BCUT2D eigenvalue weighted by atomic mass is 9.94. The Bertz CT molecular complexity index is 534. The van der Waals surface area contributed by atoms with Crippen molar-refractivity contribution >= 4 is 11.7 Å². The van der Waals surface area contributed by atoms with E-state index in [1.54, 1.807) is 18.7 Å². The summed E-state index contributed by atoms with van der Waals surface area (Å²) in [6.45, 7) is 3.35.